The monoisotopic (exact) mass is 412 g/mol. The second-order valence-electron chi connectivity index (χ2n) is 7.41. The summed E-state index contributed by atoms with van der Waals surface area (Å²) in [5, 5.41) is 6.37. The van der Waals surface area contributed by atoms with Crippen molar-refractivity contribution in [2.45, 2.75) is 27.2 Å². The molecule has 2 amide bonds. The predicted octanol–water partition coefficient (Wildman–Crippen LogP) is 5.21. The molecule has 0 aliphatic rings. The summed E-state index contributed by atoms with van der Waals surface area (Å²) in [6.45, 7) is 5.76. The first-order valence-corrected chi connectivity index (χ1v) is 10.2. The highest BCUT2D eigenvalue weighted by atomic mass is 16.2. The second-order valence-corrected chi connectivity index (χ2v) is 7.41. The zero-order valence-corrected chi connectivity index (χ0v) is 17.8. The first kappa shape index (κ1) is 20.3. The summed E-state index contributed by atoms with van der Waals surface area (Å²) in [6.07, 6.45) is 0.831. The molecule has 3 aromatic carbocycles. The highest BCUT2D eigenvalue weighted by Gasteiger charge is 2.12. The van der Waals surface area contributed by atoms with Crippen LogP contribution in [0.15, 0.2) is 71.5 Å². The molecule has 31 heavy (non-hydrogen) atoms. The topological polar surface area (TPSA) is 76.0 Å². The van der Waals surface area contributed by atoms with Crippen LogP contribution < -0.4 is 16.2 Å². The van der Waals surface area contributed by atoms with Gasteiger partial charge in [-0.1, -0.05) is 37.3 Å². The van der Waals surface area contributed by atoms with Gasteiger partial charge in [0.1, 0.15) is 5.82 Å². The van der Waals surface area contributed by atoms with E-state index in [0.29, 0.717) is 28.1 Å². The van der Waals surface area contributed by atoms with Crippen molar-refractivity contribution in [2.75, 3.05) is 10.6 Å². The Kier molecular flexibility index (Phi) is 5.54. The molecular weight excluding hydrogens is 388 g/mol. The molecule has 0 atom stereocenters. The maximum absolute atomic E-state index is 13.0. The number of hydrogen-bond donors (Lipinski definition) is 2. The number of rotatable bonds is 4. The fourth-order valence-electron chi connectivity index (χ4n) is 3.70. The molecule has 2 N–H and O–H groups in total. The molecule has 0 saturated carbocycles. The van der Waals surface area contributed by atoms with E-state index in [1.54, 1.807) is 16.7 Å². The number of carbonyl (C=O) groups excluding carboxylic acids is 1. The van der Waals surface area contributed by atoms with Gasteiger partial charge in [-0.3, -0.25) is 9.36 Å². The largest absolute Gasteiger partial charge is 0.323 e. The molecule has 6 nitrogen and oxygen atoms in total. The Morgan fingerprint density at radius 2 is 1.65 bits per heavy atom. The number of aromatic nitrogens is 2. The number of urea groups is 1. The highest BCUT2D eigenvalue weighted by molar-refractivity contribution is 6.00. The molecule has 1 aromatic heterocycles. The minimum atomic E-state index is -0.308. The van der Waals surface area contributed by atoms with Crippen LogP contribution in [0.25, 0.3) is 16.6 Å². The van der Waals surface area contributed by atoms with Gasteiger partial charge >= 0.3 is 6.03 Å². The van der Waals surface area contributed by atoms with Gasteiger partial charge in [-0.05, 0) is 67.8 Å². The quantitative estimate of drug-likeness (QED) is 0.483. The smallest absolute Gasteiger partial charge is 0.307 e. The van der Waals surface area contributed by atoms with Crippen LogP contribution in [0.3, 0.4) is 0 Å². The van der Waals surface area contributed by atoms with Crippen molar-refractivity contribution in [3.05, 3.63) is 94.0 Å². The average molecular weight is 412 g/mol. The average Bonchev–Trinajstić information content (AvgIpc) is 2.76. The number of aryl methyl sites for hydroxylation is 3. The van der Waals surface area contributed by atoms with Gasteiger partial charge in [-0.15, -0.1) is 0 Å². The van der Waals surface area contributed by atoms with Gasteiger partial charge in [0.2, 0.25) is 0 Å². The molecule has 0 saturated heterocycles. The molecular formula is C25H24N4O2. The number of benzene rings is 3. The summed E-state index contributed by atoms with van der Waals surface area (Å²) in [7, 11) is 0. The summed E-state index contributed by atoms with van der Waals surface area (Å²) >= 11 is 0. The molecule has 0 aliphatic heterocycles. The highest BCUT2D eigenvalue weighted by Crippen LogP contribution is 2.21. The van der Waals surface area contributed by atoms with Gasteiger partial charge in [-0.2, -0.15) is 0 Å². The molecule has 0 fully saturated rings. The van der Waals surface area contributed by atoms with E-state index in [1.807, 2.05) is 75.4 Å². The summed E-state index contributed by atoms with van der Waals surface area (Å²) in [5.41, 5.74) is 4.66. The van der Waals surface area contributed by atoms with Crippen molar-refractivity contribution in [1.82, 2.24) is 9.55 Å². The maximum atomic E-state index is 13.0. The first-order chi connectivity index (χ1) is 15.0. The standard InChI is InChI=1S/C25H24N4O2/c1-4-18-9-5-7-11-22(18)28-25(31)27-21-14-13-19(15-16(21)2)29-17(3)26-23-12-8-6-10-20(23)24(29)30/h5-15H,4H2,1-3H3,(H2,27,28,31). The Hall–Kier alpha value is -3.93. The Morgan fingerprint density at radius 1 is 0.935 bits per heavy atom. The number of amides is 2. The van der Waals surface area contributed by atoms with E-state index < -0.39 is 0 Å². The molecule has 0 radical (unpaired) electrons. The van der Waals surface area contributed by atoms with Crippen molar-refractivity contribution in [2.24, 2.45) is 0 Å². The van der Waals surface area contributed by atoms with Crippen molar-refractivity contribution >= 4 is 28.3 Å². The zero-order chi connectivity index (χ0) is 22.0. The van der Waals surface area contributed by atoms with E-state index in [9.17, 15) is 9.59 Å². The number of nitrogens with one attached hydrogen (secondary N) is 2. The summed E-state index contributed by atoms with van der Waals surface area (Å²) < 4.78 is 1.59. The van der Waals surface area contributed by atoms with Gasteiger partial charge in [0.05, 0.1) is 16.6 Å². The lowest BCUT2D eigenvalue weighted by Crippen LogP contribution is -2.23. The van der Waals surface area contributed by atoms with Crippen LogP contribution in [0.2, 0.25) is 0 Å². The minimum Gasteiger partial charge on any atom is -0.307 e. The Labute approximate surface area is 180 Å². The summed E-state index contributed by atoms with van der Waals surface area (Å²) in [5.74, 6) is 0.609. The normalized spacial score (nSPS) is 10.8. The van der Waals surface area contributed by atoms with Gasteiger partial charge < -0.3 is 10.6 Å². The third-order valence-electron chi connectivity index (χ3n) is 5.31. The number of hydrogen-bond acceptors (Lipinski definition) is 3. The lowest BCUT2D eigenvalue weighted by atomic mass is 10.1. The fraction of sp³-hybridized carbons (Fsp3) is 0.160. The van der Waals surface area contributed by atoms with Crippen molar-refractivity contribution in [3.8, 4) is 5.69 Å². The molecule has 6 heteroatoms. The Bertz CT molecular complexity index is 1340. The maximum Gasteiger partial charge on any atom is 0.323 e. The Morgan fingerprint density at radius 3 is 2.42 bits per heavy atom. The zero-order valence-electron chi connectivity index (χ0n) is 17.8. The van der Waals surface area contributed by atoms with Crippen LogP contribution in [0.1, 0.15) is 23.9 Å². The van der Waals surface area contributed by atoms with Crippen LogP contribution in [-0.4, -0.2) is 15.6 Å². The van der Waals surface area contributed by atoms with Crippen molar-refractivity contribution in [3.63, 3.8) is 0 Å². The second kappa shape index (κ2) is 8.44. The number of fused-ring (bicyclic) bond motifs is 1. The van der Waals surface area contributed by atoms with E-state index in [2.05, 4.69) is 15.6 Å². The predicted molar refractivity (Wildman–Crippen MR) is 125 cm³/mol. The molecule has 0 aliphatic carbocycles. The van der Waals surface area contributed by atoms with Crippen LogP contribution in [0.5, 0.6) is 0 Å². The number of anilines is 2. The number of nitrogens with zero attached hydrogens (tertiary/aromatic N) is 2. The van der Waals surface area contributed by atoms with Crippen LogP contribution >= 0.6 is 0 Å². The van der Waals surface area contributed by atoms with E-state index in [0.717, 1.165) is 23.2 Å². The van der Waals surface area contributed by atoms with Crippen molar-refractivity contribution < 1.29 is 4.79 Å². The van der Waals surface area contributed by atoms with Crippen molar-refractivity contribution in [1.29, 1.82) is 0 Å². The van der Waals surface area contributed by atoms with E-state index in [-0.39, 0.29) is 11.6 Å². The molecule has 156 valence electrons. The summed E-state index contributed by atoms with van der Waals surface area (Å²) in [6, 6.07) is 20.2. The number of carbonyl (C=O) groups is 1. The molecule has 0 bridgehead atoms. The molecule has 0 spiro atoms. The van der Waals surface area contributed by atoms with Crippen LogP contribution in [0.4, 0.5) is 16.2 Å². The lowest BCUT2D eigenvalue weighted by molar-refractivity contribution is 0.262. The third-order valence-corrected chi connectivity index (χ3v) is 5.31. The van der Waals surface area contributed by atoms with Gasteiger partial charge in [-0.25, -0.2) is 9.78 Å². The van der Waals surface area contributed by atoms with Gasteiger partial charge in [0, 0.05) is 11.4 Å². The SMILES string of the molecule is CCc1ccccc1NC(=O)Nc1ccc(-n2c(C)nc3ccccc3c2=O)cc1C. The number of para-hydroxylation sites is 2. The van der Waals surface area contributed by atoms with Crippen LogP contribution in [-0.2, 0) is 6.42 Å². The molecule has 4 aromatic rings. The van der Waals surface area contributed by atoms with Crippen LogP contribution in [0, 0.1) is 13.8 Å². The minimum absolute atomic E-state index is 0.114. The van der Waals surface area contributed by atoms with E-state index >= 15 is 0 Å². The summed E-state index contributed by atoms with van der Waals surface area (Å²) in [4.78, 5) is 30.1. The molecule has 0 unspecified atom stereocenters. The van der Waals surface area contributed by atoms with E-state index in [1.165, 1.54) is 0 Å². The first-order valence-electron chi connectivity index (χ1n) is 10.2. The van der Waals surface area contributed by atoms with Gasteiger partial charge in [0.15, 0.2) is 0 Å². The fourth-order valence-corrected chi connectivity index (χ4v) is 3.70. The molecule has 4 rings (SSSR count). The molecule has 1 heterocycles. The van der Waals surface area contributed by atoms with E-state index in [4.69, 9.17) is 0 Å². The Balaban J connectivity index is 1.61. The third kappa shape index (κ3) is 4.05. The lowest BCUT2D eigenvalue weighted by Gasteiger charge is -2.15. The van der Waals surface area contributed by atoms with Gasteiger partial charge in [0.25, 0.3) is 5.56 Å².